The van der Waals surface area contributed by atoms with E-state index in [2.05, 4.69) is 5.32 Å². The van der Waals surface area contributed by atoms with E-state index >= 15 is 0 Å². The normalized spacial score (nSPS) is 9.55. The molecule has 11 heavy (non-hydrogen) atoms. The highest BCUT2D eigenvalue weighted by Gasteiger charge is 2.07. The first kappa shape index (κ1) is 7.65. The molecule has 0 aliphatic heterocycles. The smallest absolute Gasteiger partial charge is 0.371 e. The minimum atomic E-state index is -1.05. The maximum Gasteiger partial charge on any atom is 0.371 e. The molecule has 1 rings (SSSR count). The topological polar surface area (TPSA) is 62.5 Å². The Bertz CT molecular complexity index is 254. The number of carboxylic acid groups (broad SMARTS) is 1. The van der Waals surface area contributed by atoms with E-state index in [1.807, 2.05) is 6.92 Å². The summed E-state index contributed by atoms with van der Waals surface area (Å²) in [7, 11) is 0. The maximum absolute atomic E-state index is 10.3. The number of rotatable bonds is 3. The van der Waals surface area contributed by atoms with Gasteiger partial charge in [0.15, 0.2) is 5.88 Å². The molecule has 0 atom stereocenters. The lowest BCUT2D eigenvalue weighted by Crippen LogP contribution is -1.95. The van der Waals surface area contributed by atoms with Crippen molar-refractivity contribution in [3.63, 3.8) is 0 Å². The van der Waals surface area contributed by atoms with Gasteiger partial charge in [0.25, 0.3) is 0 Å². The van der Waals surface area contributed by atoms with E-state index in [0.29, 0.717) is 12.4 Å². The predicted octanol–water partition coefficient (Wildman–Crippen LogP) is 1.41. The molecule has 0 aliphatic carbocycles. The molecule has 0 saturated carbocycles. The van der Waals surface area contributed by atoms with Gasteiger partial charge in [0.1, 0.15) is 0 Å². The van der Waals surface area contributed by atoms with Gasteiger partial charge in [-0.3, -0.25) is 0 Å². The Labute approximate surface area is 63.8 Å². The molecule has 0 unspecified atom stereocenters. The summed E-state index contributed by atoms with van der Waals surface area (Å²) in [5.41, 5.74) is 0. The lowest BCUT2D eigenvalue weighted by atomic mass is 10.5. The van der Waals surface area contributed by atoms with Crippen LogP contribution in [0.1, 0.15) is 17.5 Å². The van der Waals surface area contributed by atoms with Gasteiger partial charge < -0.3 is 14.8 Å². The van der Waals surface area contributed by atoms with Crippen LogP contribution in [-0.2, 0) is 0 Å². The molecular weight excluding hydrogens is 146 g/mol. The summed E-state index contributed by atoms with van der Waals surface area (Å²) in [6.07, 6.45) is 0. The van der Waals surface area contributed by atoms with Crippen molar-refractivity contribution in [2.24, 2.45) is 0 Å². The summed E-state index contributed by atoms with van der Waals surface area (Å²) in [6.45, 7) is 2.62. The molecule has 1 aromatic rings. The van der Waals surface area contributed by atoms with Crippen LogP contribution in [0.15, 0.2) is 16.5 Å². The summed E-state index contributed by atoms with van der Waals surface area (Å²) in [5.74, 6) is -0.597. The zero-order valence-electron chi connectivity index (χ0n) is 6.13. The van der Waals surface area contributed by atoms with Crippen molar-refractivity contribution in [2.75, 3.05) is 11.9 Å². The van der Waals surface area contributed by atoms with Gasteiger partial charge in [0.2, 0.25) is 5.76 Å². The number of furan rings is 1. The molecule has 0 saturated heterocycles. The van der Waals surface area contributed by atoms with Gasteiger partial charge in [-0.05, 0) is 13.0 Å². The SMILES string of the molecule is CCNc1ccc(C(=O)O)o1. The third-order valence-corrected chi connectivity index (χ3v) is 1.17. The Hall–Kier alpha value is -1.45. The number of hydrogen-bond acceptors (Lipinski definition) is 3. The van der Waals surface area contributed by atoms with Crippen LogP contribution in [-0.4, -0.2) is 17.6 Å². The molecule has 60 valence electrons. The number of carboxylic acids is 1. The maximum atomic E-state index is 10.3. The van der Waals surface area contributed by atoms with Gasteiger partial charge in [-0.15, -0.1) is 0 Å². The lowest BCUT2D eigenvalue weighted by molar-refractivity contribution is 0.0663. The van der Waals surface area contributed by atoms with E-state index in [9.17, 15) is 4.79 Å². The van der Waals surface area contributed by atoms with Crippen LogP contribution < -0.4 is 5.32 Å². The fourth-order valence-electron chi connectivity index (χ4n) is 0.722. The third-order valence-electron chi connectivity index (χ3n) is 1.17. The molecule has 0 aromatic carbocycles. The number of anilines is 1. The van der Waals surface area contributed by atoms with Crippen LogP contribution in [0.3, 0.4) is 0 Å². The fraction of sp³-hybridized carbons (Fsp3) is 0.286. The Morgan fingerprint density at radius 3 is 2.91 bits per heavy atom. The van der Waals surface area contributed by atoms with Crippen molar-refractivity contribution in [2.45, 2.75) is 6.92 Å². The van der Waals surface area contributed by atoms with Crippen LogP contribution in [0.4, 0.5) is 5.88 Å². The zero-order chi connectivity index (χ0) is 8.27. The van der Waals surface area contributed by atoms with Gasteiger partial charge in [0, 0.05) is 12.6 Å². The highest BCUT2D eigenvalue weighted by Crippen LogP contribution is 2.12. The van der Waals surface area contributed by atoms with Crippen molar-refractivity contribution in [1.82, 2.24) is 0 Å². The molecule has 0 radical (unpaired) electrons. The molecular formula is C7H9NO3. The van der Waals surface area contributed by atoms with Crippen molar-refractivity contribution in [3.05, 3.63) is 17.9 Å². The van der Waals surface area contributed by atoms with E-state index in [4.69, 9.17) is 9.52 Å². The second-order valence-electron chi connectivity index (χ2n) is 2.00. The largest absolute Gasteiger partial charge is 0.475 e. The van der Waals surface area contributed by atoms with Gasteiger partial charge in [-0.1, -0.05) is 0 Å². The molecule has 1 aromatic heterocycles. The minimum absolute atomic E-state index is 0.0408. The first-order chi connectivity index (χ1) is 5.24. The van der Waals surface area contributed by atoms with E-state index in [1.54, 1.807) is 6.07 Å². The molecule has 0 fully saturated rings. The van der Waals surface area contributed by atoms with Gasteiger partial charge >= 0.3 is 5.97 Å². The zero-order valence-corrected chi connectivity index (χ0v) is 6.13. The monoisotopic (exact) mass is 155 g/mol. The van der Waals surface area contributed by atoms with Crippen molar-refractivity contribution >= 4 is 11.9 Å². The predicted molar refractivity (Wildman–Crippen MR) is 39.8 cm³/mol. The first-order valence-corrected chi connectivity index (χ1v) is 3.31. The number of hydrogen-bond donors (Lipinski definition) is 2. The average molecular weight is 155 g/mol. The standard InChI is InChI=1S/C7H9NO3/c1-2-8-6-4-3-5(11-6)7(9)10/h3-4,8H,2H2,1H3,(H,9,10). The molecule has 2 N–H and O–H groups in total. The summed E-state index contributed by atoms with van der Waals surface area (Å²) in [6, 6.07) is 3.01. The average Bonchev–Trinajstić information content (AvgIpc) is 2.37. The molecule has 0 amide bonds. The van der Waals surface area contributed by atoms with Gasteiger partial charge in [-0.2, -0.15) is 0 Å². The quantitative estimate of drug-likeness (QED) is 0.692. The van der Waals surface area contributed by atoms with E-state index in [-0.39, 0.29) is 5.76 Å². The number of nitrogens with one attached hydrogen (secondary N) is 1. The first-order valence-electron chi connectivity index (χ1n) is 3.31. The van der Waals surface area contributed by atoms with Crippen molar-refractivity contribution in [1.29, 1.82) is 0 Å². The Morgan fingerprint density at radius 2 is 2.45 bits per heavy atom. The molecule has 0 spiro atoms. The van der Waals surface area contributed by atoms with Crippen molar-refractivity contribution in [3.8, 4) is 0 Å². The number of aromatic carboxylic acids is 1. The van der Waals surface area contributed by atoms with Crippen LogP contribution in [0, 0.1) is 0 Å². The molecule has 4 heteroatoms. The van der Waals surface area contributed by atoms with Crippen LogP contribution in [0.5, 0.6) is 0 Å². The summed E-state index contributed by atoms with van der Waals surface area (Å²) in [4.78, 5) is 10.3. The Kier molecular flexibility index (Phi) is 2.15. The molecule has 0 aliphatic rings. The highest BCUT2D eigenvalue weighted by atomic mass is 16.4. The Balaban J connectivity index is 2.73. The molecule has 0 bridgehead atoms. The van der Waals surface area contributed by atoms with Crippen molar-refractivity contribution < 1.29 is 14.3 Å². The Morgan fingerprint density at radius 1 is 1.73 bits per heavy atom. The van der Waals surface area contributed by atoms with Crippen LogP contribution in [0.25, 0.3) is 0 Å². The number of carbonyl (C=O) groups is 1. The van der Waals surface area contributed by atoms with Gasteiger partial charge in [-0.25, -0.2) is 4.79 Å². The van der Waals surface area contributed by atoms with Crippen LogP contribution in [0.2, 0.25) is 0 Å². The highest BCUT2D eigenvalue weighted by molar-refractivity contribution is 5.84. The fourth-order valence-corrected chi connectivity index (χ4v) is 0.722. The summed E-state index contributed by atoms with van der Waals surface area (Å²) >= 11 is 0. The van der Waals surface area contributed by atoms with E-state index in [1.165, 1.54) is 6.07 Å². The summed E-state index contributed by atoms with van der Waals surface area (Å²) in [5, 5.41) is 11.3. The second-order valence-corrected chi connectivity index (χ2v) is 2.00. The van der Waals surface area contributed by atoms with Crippen LogP contribution >= 0.6 is 0 Å². The molecule has 1 heterocycles. The lowest BCUT2D eigenvalue weighted by Gasteiger charge is -1.94. The minimum Gasteiger partial charge on any atom is -0.475 e. The second kappa shape index (κ2) is 3.09. The molecule has 4 nitrogen and oxygen atoms in total. The third kappa shape index (κ3) is 1.73. The van der Waals surface area contributed by atoms with Gasteiger partial charge in [0.05, 0.1) is 0 Å². The van der Waals surface area contributed by atoms with E-state index < -0.39 is 5.97 Å². The van der Waals surface area contributed by atoms with E-state index in [0.717, 1.165) is 0 Å². The summed E-state index contributed by atoms with van der Waals surface area (Å²) < 4.78 is 4.87.